The van der Waals surface area contributed by atoms with Gasteiger partial charge in [-0.1, -0.05) is 0 Å². The Bertz CT molecular complexity index is 311. The predicted octanol–water partition coefficient (Wildman–Crippen LogP) is 3.59. The van der Waals surface area contributed by atoms with Gasteiger partial charge in [-0.25, -0.2) is 0 Å². The van der Waals surface area contributed by atoms with Crippen molar-refractivity contribution >= 4 is 27.3 Å². The van der Waals surface area contributed by atoms with Crippen LogP contribution < -0.4 is 5.32 Å². The summed E-state index contributed by atoms with van der Waals surface area (Å²) in [6.07, 6.45) is -4.49. The maximum atomic E-state index is 12.2. The van der Waals surface area contributed by atoms with E-state index in [9.17, 15) is 13.2 Å². The van der Waals surface area contributed by atoms with Gasteiger partial charge in [-0.05, 0) is 35.5 Å². The van der Waals surface area contributed by atoms with Gasteiger partial charge in [0.1, 0.15) is 0 Å². The highest BCUT2D eigenvalue weighted by molar-refractivity contribution is 9.10. The first-order valence-corrected chi connectivity index (χ1v) is 6.05. The Morgan fingerprint density at radius 2 is 2.20 bits per heavy atom. The molecular formula is C9H11BrF3NS. The van der Waals surface area contributed by atoms with Gasteiger partial charge in [0.2, 0.25) is 0 Å². The first-order chi connectivity index (χ1) is 6.90. The highest BCUT2D eigenvalue weighted by Crippen LogP contribution is 2.26. The minimum atomic E-state index is -4.11. The summed E-state index contributed by atoms with van der Waals surface area (Å²) < 4.78 is 37.4. The summed E-state index contributed by atoms with van der Waals surface area (Å²) in [6, 6.07) is 1.31. The Kier molecular flexibility index (Phi) is 4.61. The number of hydrogen-bond acceptors (Lipinski definition) is 2. The summed E-state index contributed by atoms with van der Waals surface area (Å²) in [6.45, 7) is 0. The predicted molar refractivity (Wildman–Crippen MR) is 59.2 cm³/mol. The van der Waals surface area contributed by atoms with E-state index in [1.165, 1.54) is 11.3 Å². The van der Waals surface area contributed by atoms with Crippen LogP contribution in [0.15, 0.2) is 15.9 Å². The molecule has 0 amide bonds. The van der Waals surface area contributed by atoms with Crippen molar-refractivity contribution in [2.75, 3.05) is 7.05 Å². The molecule has 86 valence electrons. The third kappa shape index (κ3) is 4.99. The standard InChI is InChI=1S/C9H11BrF3NS/c1-14-7(4-9(11,12)13)3-8-2-6(10)5-15-8/h2,5,7,14H,3-4H2,1H3. The van der Waals surface area contributed by atoms with E-state index >= 15 is 0 Å². The van der Waals surface area contributed by atoms with Gasteiger partial charge < -0.3 is 5.32 Å². The molecule has 1 atom stereocenters. The first-order valence-electron chi connectivity index (χ1n) is 4.37. The molecule has 0 aromatic carbocycles. The molecule has 1 aromatic rings. The lowest BCUT2D eigenvalue weighted by Gasteiger charge is -2.16. The zero-order valence-electron chi connectivity index (χ0n) is 8.07. The molecule has 0 bridgehead atoms. The second kappa shape index (κ2) is 5.32. The van der Waals surface area contributed by atoms with Crippen LogP contribution in [-0.2, 0) is 6.42 Å². The quantitative estimate of drug-likeness (QED) is 0.896. The smallest absolute Gasteiger partial charge is 0.316 e. The summed E-state index contributed by atoms with van der Waals surface area (Å²) in [4.78, 5) is 0.950. The van der Waals surface area contributed by atoms with E-state index in [1.54, 1.807) is 7.05 Å². The molecule has 0 fully saturated rings. The number of alkyl halides is 3. The molecule has 15 heavy (non-hydrogen) atoms. The minimum Gasteiger partial charge on any atom is -0.316 e. The summed E-state index contributed by atoms with van der Waals surface area (Å²) >= 11 is 4.74. The molecule has 0 radical (unpaired) electrons. The topological polar surface area (TPSA) is 12.0 Å². The number of halogens is 4. The van der Waals surface area contributed by atoms with Crippen molar-refractivity contribution in [2.24, 2.45) is 0 Å². The molecule has 1 aromatic heterocycles. The van der Waals surface area contributed by atoms with E-state index in [0.717, 1.165) is 9.35 Å². The SMILES string of the molecule is CNC(Cc1cc(Br)cs1)CC(F)(F)F. The van der Waals surface area contributed by atoms with Gasteiger partial charge in [0.15, 0.2) is 0 Å². The Hall–Kier alpha value is -0.0700. The van der Waals surface area contributed by atoms with Gasteiger partial charge in [-0.3, -0.25) is 0 Å². The van der Waals surface area contributed by atoms with Crippen molar-refractivity contribution in [3.63, 3.8) is 0 Å². The Labute approximate surface area is 98.8 Å². The second-order valence-corrected chi connectivity index (χ2v) is 5.15. The Morgan fingerprint density at radius 3 is 2.60 bits per heavy atom. The van der Waals surface area contributed by atoms with Crippen LogP contribution in [0.1, 0.15) is 11.3 Å². The summed E-state index contributed by atoms with van der Waals surface area (Å²) in [7, 11) is 1.55. The lowest BCUT2D eigenvalue weighted by molar-refractivity contribution is -0.139. The number of rotatable bonds is 4. The van der Waals surface area contributed by atoms with Gasteiger partial charge in [0.25, 0.3) is 0 Å². The summed E-state index contributed by atoms with van der Waals surface area (Å²) in [5, 5.41) is 4.56. The van der Waals surface area contributed by atoms with E-state index in [0.29, 0.717) is 6.42 Å². The Balaban J connectivity index is 2.54. The summed E-state index contributed by atoms with van der Waals surface area (Å²) in [5.41, 5.74) is 0. The van der Waals surface area contributed by atoms with Crippen molar-refractivity contribution in [1.82, 2.24) is 5.32 Å². The highest BCUT2D eigenvalue weighted by Gasteiger charge is 2.31. The molecule has 1 rings (SSSR count). The maximum absolute atomic E-state index is 12.2. The maximum Gasteiger partial charge on any atom is 0.390 e. The van der Waals surface area contributed by atoms with Gasteiger partial charge in [0, 0.05) is 20.8 Å². The second-order valence-electron chi connectivity index (χ2n) is 3.24. The third-order valence-corrected chi connectivity index (χ3v) is 3.68. The van der Waals surface area contributed by atoms with Crippen molar-refractivity contribution in [3.05, 3.63) is 20.8 Å². The zero-order chi connectivity index (χ0) is 11.5. The molecule has 0 aliphatic rings. The minimum absolute atomic E-state index is 0.409. The third-order valence-electron chi connectivity index (χ3n) is 1.96. The first kappa shape index (κ1) is 13.0. The van der Waals surface area contributed by atoms with Crippen molar-refractivity contribution < 1.29 is 13.2 Å². The molecule has 1 nitrogen and oxygen atoms in total. The van der Waals surface area contributed by atoms with Crippen molar-refractivity contribution in [2.45, 2.75) is 25.1 Å². The molecule has 0 aliphatic heterocycles. The number of hydrogen-bond donors (Lipinski definition) is 1. The molecule has 0 saturated carbocycles. The fraction of sp³-hybridized carbons (Fsp3) is 0.556. The zero-order valence-corrected chi connectivity index (χ0v) is 10.5. The summed E-state index contributed by atoms with van der Waals surface area (Å²) in [5.74, 6) is 0. The monoisotopic (exact) mass is 301 g/mol. The van der Waals surface area contributed by atoms with E-state index in [1.807, 2.05) is 11.4 Å². The van der Waals surface area contributed by atoms with Gasteiger partial charge in [0.05, 0.1) is 6.42 Å². The van der Waals surface area contributed by atoms with Crippen LogP contribution in [0, 0.1) is 0 Å². The van der Waals surface area contributed by atoms with Crippen LogP contribution in [0.25, 0.3) is 0 Å². The van der Waals surface area contributed by atoms with Gasteiger partial charge >= 0.3 is 6.18 Å². The van der Waals surface area contributed by atoms with E-state index in [2.05, 4.69) is 21.2 Å². The van der Waals surface area contributed by atoms with Crippen LogP contribution in [0.5, 0.6) is 0 Å². The van der Waals surface area contributed by atoms with Crippen molar-refractivity contribution in [3.8, 4) is 0 Å². The van der Waals surface area contributed by atoms with Gasteiger partial charge in [-0.15, -0.1) is 11.3 Å². The van der Waals surface area contributed by atoms with Crippen LogP contribution in [0.2, 0.25) is 0 Å². The Morgan fingerprint density at radius 1 is 1.53 bits per heavy atom. The number of thiophene rings is 1. The number of likely N-dealkylation sites (N-methyl/N-ethyl adjacent to an activating group) is 1. The average Bonchev–Trinajstić information content (AvgIpc) is 2.47. The fourth-order valence-corrected chi connectivity index (χ4v) is 2.79. The highest BCUT2D eigenvalue weighted by atomic mass is 79.9. The molecule has 1 heterocycles. The van der Waals surface area contributed by atoms with E-state index in [4.69, 9.17) is 0 Å². The lowest BCUT2D eigenvalue weighted by Crippen LogP contribution is -2.32. The van der Waals surface area contributed by atoms with Crippen LogP contribution in [0.3, 0.4) is 0 Å². The van der Waals surface area contributed by atoms with Crippen LogP contribution in [0.4, 0.5) is 13.2 Å². The average molecular weight is 302 g/mol. The largest absolute Gasteiger partial charge is 0.390 e. The van der Waals surface area contributed by atoms with Crippen LogP contribution >= 0.6 is 27.3 Å². The fourth-order valence-electron chi connectivity index (χ4n) is 1.26. The van der Waals surface area contributed by atoms with Gasteiger partial charge in [-0.2, -0.15) is 13.2 Å². The van der Waals surface area contributed by atoms with E-state index in [-0.39, 0.29) is 0 Å². The molecule has 0 saturated heterocycles. The number of nitrogens with one attached hydrogen (secondary N) is 1. The van der Waals surface area contributed by atoms with Crippen molar-refractivity contribution in [1.29, 1.82) is 0 Å². The lowest BCUT2D eigenvalue weighted by atomic mass is 10.1. The molecule has 1 N–H and O–H groups in total. The molecular weight excluding hydrogens is 291 g/mol. The molecule has 1 unspecified atom stereocenters. The van der Waals surface area contributed by atoms with Crippen LogP contribution in [-0.4, -0.2) is 19.3 Å². The molecule has 0 spiro atoms. The molecule has 0 aliphatic carbocycles. The van der Waals surface area contributed by atoms with E-state index < -0.39 is 18.6 Å². The normalized spacial score (nSPS) is 14.2. The molecule has 6 heteroatoms.